The van der Waals surface area contributed by atoms with Crippen LogP contribution >= 0.6 is 0 Å². The number of likely N-dealkylation sites (tertiary alicyclic amines) is 1. The number of aromatic amines is 1. The maximum Gasteiger partial charge on any atom is 0.295 e. The molecule has 7 nitrogen and oxygen atoms in total. The Hall–Kier alpha value is -4.52. The number of ether oxygens (including phenoxy) is 1. The monoisotopic (exact) mass is 496 g/mol. The predicted molar refractivity (Wildman–Crippen MR) is 141 cm³/mol. The van der Waals surface area contributed by atoms with Crippen LogP contribution in [0.3, 0.4) is 0 Å². The number of carbonyl (C=O) groups excluding carboxylic acids is 2. The number of nitrogens with zero attached hydrogens (tertiary/aromatic N) is 1. The number of Topliss-reactive ketones (excluding diaryl/α,β-unsaturated/α-hetero) is 1. The van der Waals surface area contributed by atoms with Crippen LogP contribution in [0.4, 0.5) is 0 Å². The zero-order valence-corrected chi connectivity index (χ0v) is 20.6. The summed E-state index contributed by atoms with van der Waals surface area (Å²) in [6, 6.07) is 20.2. The van der Waals surface area contributed by atoms with Crippen LogP contribution in [0.2, 0.25) is 0 Å². The van der Waals surface area contributed by atoms with Gasteiger partial charge in [-0.3, -0.25) is 9.59 Å². The maximum atomic E-state index is 13.3. The smallest absolute Gasteiger partial charge is 0.295 e. The van der Waals surface area contributed by atoms with E-state index in [-0.39, 0.29) is 29.7 Å². The lowest BCUT2D eigenvalue weighted by molar-refractivity contribution is -0.139. The van der Waals surface area contributed by atoms with E-state index in [0.717, 1.165) is 16.5 Å². The van der Waals surface area contributed by atoms with Crippen molar-refractivity contribution in [2.24, 2.45) is 0 Å². The van der Waals surface area contributed by atoms with Gasteiger partial charge in [-0.05, 0) is 73.9 Å². The van der Waals surface area contributed by atoms with Crippen LogP contribution in [0.15, 0.2) is 84.6 Å². The molecule has 1 aliphatic heterocycles. The van der Waals surface area contributed by atoms with Crippen molar-refractivity contribution in [3.63, 3.8) is 0 Å². The molecule has 2 heterocycles. The van der Waals surface area contributed by atoms with Crippen LogP contribution in [0.5, 0.6) is 11.5 Å². The first kappa shape index (κ1) is 24.2. The van der Waals surface area contributed by atoms with Crippen LogP contribution in [0.1, 0.15) is 36.6 Å². The van der Waals surface area contributed by atoms with Gasteiger partial charge in [0.1, 0.15) is 17.3 Å². The number of rotatable bonds is 7. The Morgan fingerprint density at radius 1 is 1.03 bits per heavy atom. The lowest BCUT2D eigenvalue weighted by Gasteiger charge is -2.25. The second kappa shape index (κ2) is 9.85. The number of H-pyrrole nitrogens is 1. The van der Waals surface area contributed by atoms with E-state index in [1.165, 1.54) is 17.0 Å². The number of aliphatic hydroxyl groups excluding tert-OH is 1. The number of nitrogens with one attached hydrogen (secondary N) is 1. The van der Waals surface area contributed by atoms with Crippen LogP contribution in [0.25, 0.3) is 16.7 Å². The zero-order valence-electron chi connectivity index (χ0n) is 20.6. The molecular weight excluding hydrogens is 468 g/mol. The molecular formula is C30H28N2O5. The number of hydrogen-bond acceptors (Lipinski definition) is 5. The molecule has 3 aromatic carbocycles. The summed E-state index contributed by atoms with van der Waals surface area (Å²) in [7, 11) is 0. The molecule has 0 saturated carbocycles. The third kappa shape index (κ3) is 4.68. The van der Waals surface area contributed by atoms with Crippen molar-refractivity contribution in [1.29, 1.82) is 0 Å². The van der Waals surface area contributed by atoms with E-state index in [9.17, 15) is 19.8 Å². The van der Waals surface area contributed by atoms with Gasteiger partial charge in [-0.1, -0.05) is 30.3 Å². The first-order valence-corrected chi connectivity index (χ1v) is 12.2. The van der Waals surface area contributed by atoms with Gasteiger partial charge in [-0.25, -0.2) is 0 Å². The summed E-state index contributed by atoms with van der Waals surface area (Å²) < 4.78 is 5.67. The van der Waals surface area contributed by atoms with E-state index in [4.69, 9.17) is 4.74 Å². The highest BCUT2D eigenvalue weighted by Crippen LogP contribution is 2.40. The lowest BCUT2D eigenvalue weighted by Crippen LogP contribution is -2.31. The van der Waals surface area contributed by atoms with Crippen molar-refractivity contribution in [1.82, 2.24) is 9.88 Å². The average molecular weight is 497 g/mol. The fraction of sp³-hybridized carbons (Fsp3) is 0.200. The predicted octanol–water partition coefficient (Wildman–Crippen LogP) is 5.33. The van der Waals surface area contributed by atoms with Gasteiger partial charge in [0, 0.05) is 29.2 Å². The fourth-order valence-corrected chi connectivity index (χ4v) is 4.85. The number of aromatic nitrogens is 1. The second-order valence-corrected chi connectivity index (χ2v) is 9.39. The number of para-hydroxylation sites is 1. The lowest BCUT2D eigenvalue weighted by atomic mass is 9.95. The molecule has 4 aromatic rings. The molecule has 0 bridgehead atoms. The van der Waals surface area contributed by atoms with Gasteiger partial charge >= 0.3 is 0 Å². The van der Waals surface area contributed by atoms with Crippen LogP contribution in [-0.4, -0.2) is 44.4 Å². The Balaban J connectivity index is 1.53. The molecule has 1 fully saturated rings. The van der Waals surface area contributed by atoms with Gasteiger partial charge in [0.15, 0.2) is 0 Å². The van der Waals surface area contributed by atoms with Crippen molar-refractivity contribution < 1.29 is 24.5 Å². The number of aromatic hydroxyl groups is 1. The highest BCUT2D eigenvalue weighted by atomic mass is 16.5. The minimum Gasteiger partial charge on any atom is -0.508 e. The van der Waals surface area contributed by atoms with E-state index >= 15 is 0 Å². The van der Waals surface area contributed by atoms with Crippen molar-refractivity contribution in [3.05, 3.63) is 101 Å². The molecule has 1 aromatic heterocycles. The molecule has 188 valence electrons. The second-order valence-electron chi connectivity index (χ2n) is 9.39. The molecule has 7 heteroatoms. The van der Waals surface area contributed by atoms with Gasteiger partial charge in [0.25, 0.3) is 11.7 Å². The molecule has 1 saturated heterocycles. The maximum absolute atomic E-state index is 13.3. The van der Waals surface area contributed by atoms with Crippen LogP contribution < -0.4 is 4.74 Å². The third-order valence-electron chi connectivity index (χ3n) is 6.52. The average Bonchev–Trinajstić information content (AvgIpc) is 3.41. The number of phenolic OH excluding ortho intramolecular Hbond substituents is 1. The number of ketones is 1. The molecule has 5 rings (SSSR count). The highest BCUT2D eigenvalue weighted by Gasteiger charge is 2.46. The van der Waals surface area contributed by atoms with E-state index in [0.29, 0.717) is 23.3 Å². The summed E-state index contributed by atoms with van der Waals surface area (Å²) >= 11 is 0. The molecule has 37 heavy (non-hydrogen) atoms. The first-order valence-electron chi connectivity index (χ1n) is 12.2. The van der Waals surface area contributed by atoms with E-state index < -0.39 is 17.7 Å². The Bertz CT molecular complexity index is 1500. The van der Waals surface area contributed by atoms with Crippen LogP contribution in [0, 0.1) is 0 Å². The highest BCUT2D eigenvalue weighted by molar-refractivity contribution is 6.46. The van der Waals surface area contributed by atoms with Crippen molar-refractivity contribution in [2.75, 3.05) is 6.54 Å². The number of aliphatic hydroxyl groups is 1. The minimum absolute atomic E-state index is 0.00678. The van der Waals surface area contributed by atoms with Gasteiger partial charge in [0.2, 0.25) is 0 Å². The van der Waals surface area contributed by atoms with Gasteiger partial charge < -0.3 is 24.8 Å². The number of benzene rings is 3. The zero-order chi connectivity index (χ0) is 26.1. The van der Waals surface area contributed by atoms with Gasteiger partial charge in [-0.15, -0.1) is 0 Å². The largest absolute Gasteiger partial charge is 0.508 e. The summed E-state index contributed by atoms with van der Waals surface area (Å²) in [6.45, 7) is 4.09. The Morgan fingerprint density at radius 3 is 2.51 bits per heavy atom. The SMILES string of the molecule is CC(C)Oc1ccc(/C(O)=C2\C(=O)C(=O)N(CCc3c[nH]c4ccccc34)C2c2cccc(O)c2)cc1. The summed E-state index contributed by atoms with van der Waals surface area (Å²) in [6.07, 6.45) is 2.41. The van der Waals surface area contributed by atoms with Crippen LogP contribution in [-0.2, 0) is 16.0 Å². The standard InChI is InChI=1S/C30H28N2O5/c1-18(2)37-23-12-10-19(11-13-23)28(34)26-27(20-6-5-7-22(33)16-20)32(30(36)29(26)35)15-14-21-17-31-25-9-4-3-8-24(21)25/h3-13,16-18,27,31,33-34H,14-15H2,1-2H3/b28-26+. The molecule has 1 aliphatic rings. The molecule has 0 radical (unpaired) electrons. The summed E-state index contributed by atoms with van der Waals surface area (Å²) in [5.41, 5.74) is 2.95. The number of fused-ring (bicyclic) bond motifs is 1. The number of amides is 1. The molecule has 0 spiro atoms. The summed E-state index contributed by atoms with van der Waals surface area (Å²) in [5.74, 6) is -1.07. The van der Waals surface area contributed by atoms with E-state index in [2.05, 4.69) is 4.98 Å². The molecule has 3 N–H and O–H groups in total. The number of phenols is 1. The van der Waals surface area contributed by atoms with E-state index in [1.54, 1.807) is 36.4 Å². The third-order valence-corrected chi connectivity index (χ3v) is 6.52. The normalized spacial score (nSPS) is 17.2. The number of hydrogen-bond donors (Lipinski definition) is 3. The minimum atomic E-state index is -0.844. The van der Waals surface area contributed by atoms with Crippen molar-refractivity contribution in [3.8, 4) is 11.5 Å². The fourth-order valence-electron chi connectivity index (χ4n) is 4.85. The van der Waals surface area contributed by atoms with Crippen molar-refractivity contribution in [2.45, 2.75) is 32.4 Å². The molecule has 1 unspecified atom stereocenters. The quantitative estimate of drug-likeness (QED) is 0.182. The molecule has 1 atom stereocenters. The number of carbonyl (C=O) groups is 2. The Kier molecular flexibility index (Phi) is 6.44. The van der Waals surface area contributed by atoms with Crippen molar-refractivity contribution >= 4 is 28.4 Å². The Labute approximate surface area is 214 Å². The summed E-state index contributed by atoms with van der Waals surface area (Å²) in [5, 5.41) is 22.5. The van der Waals surface area contributed by atoms with E-state index in [1.807, 2.05) is 44.3 Å². The Morgan fingerprint density at radius 2 is 1.78 bits per heavy atom. The van der Waals surface area contributed by atoms with Gasteiger partial charge in [0.05, 0.1) is 17.7 Å². The topological polar surface area (TPSA) is 103 Å². The van der Waals surface area contributed by atoms with Gasteiger partial charge in [-0.2, -0.15) is 0 Å². The molecule has 1 amide bonds. The summed E-state index contributed by atoms with van der Waals surface area (Å²) in [4.78, 5) is 31.3. The molecule has 0 aliphatic carbocycles. The first-order chi connectivity index (χ1) is 17.8.